The fraction of sp³-hybridized carbons (Fsp3) is 0.412. The summed E-state index contributed by atoms with van der Waals surface area (Å²) in [5.41, 5.74) is 5.99. The lowest BCUT2D eigenvalue weighted by atomic mass is 9.99. The van der Waals surface area contributed by atoms with Gasteiger partial charge in [0.25, 0.3) is 0 Å². The van der Waals surface area contributed by atoms with Crippen LogP contribution in [0.1, 0.15) is 54.0 Å². The van der Waals surface area contributed by atoms with E-state index < -0.39 is 0 Å². The van der Waals surface area contributed by atoms with Gasteiger partial charge in [0.2, 0.25) is 0 Å². The third-order valence-corrected chi connectivity index (χ3v) is 3.70. The Hall–Kier alpha value is -1.74. The highest BCUT2D eigenvalue weighted by molar-refractivity contribution is 5.33. The molecule has 2 aromatic rings. The first-order valence-corrected chi connectivity index (χ1v) is 7.09. The third kappa shape index (κ3) is 3.23. The van der Waals surface area contributed by atoms with E-state index in [4.69, 9.17) is 0 Å². The first-order valence-electron chi connectivity index (χ1n) is 7.09. The highest BCUT2D eigenvalue weighted by atomic mass is 14.9. The van der Waals surface area contributed by atoms with E-state index in [9.17, 15) is 0 Å². The van der Waals surface area contributed by atoms with E-state index in [0.717, 1.165) is 11.4 Å². The summed E-state index contributed by atoms with van der Waals surface area (Å²) in [6, 6.07) is 6.75. The lowest BCUT2D eigenvalue weighted by Gasteiger charge is -2.23. The maximum atomic E-state index is 4.58. The number of aryl methyl sites for hydroxylation is 3. The Labute approximate surface area is 121 Å². The number of rotatable bonds is 4. The van der Waals surface area contributed by atoms with Crippen molar-refractivity contribution >= 4 is 0 Å². The second kappa shape index (κ2) is 6.14. The predicted octanol–water partition coefficient (Wildman–Crippen LogP) is 3.81. The Morgan fingerprint density at radius 1 is 1.10 bits per heavy atom. The minimum atomic E-state index is 0.262. The second-order valence-electron chi connectivity index (χ2n) is 5.48. The van der Waals surface area contributed by atoms with Crippen molar-refractivity contribution in [2.45, 2.75) is 46.7 Å². The standard InChI is InChI=1S/C17H23N3/c1-11-9-12(2)19-14(4)17(11)15(5)20-13(3)16-7-6-8-18-10-16/h6-10,13,15,20H,1-5H3/t13-,15?/m1/s1. The normalized spacial score (nSPS) is 14.1. The Morgan fingerprint density at radius 2 is 1.85 bits per heavy atom. The fourth-order valence-corrected chi connectivity index (χ4v) is 2.87. The SMILES string of the molecule is Cc1cc(C)c(C(C)N[C@H](C)c2cccnc2)c(C)n1. The van der Waals surface area contributed by atoms with Gasteiger partial charge in [-0.15, -0.1) is 0 Å². The molecule has 0 aromatic carbocycles. The molecule has 2 heterocycles. The van der Waals surface area contributed by atoms with E-state index >= 15 is 0 Å². The molecule has 0 amide bonds. The van der Waals surface area contributed by atoms with Crippen LogP contribution in [0.2, 0.25) is 0 Å². The Morgan fingerprint density at radius 3 is 2.45 bits per heavy atom. The van der Waals surface area contributed by atoms with Crippen LogP contribution in [-0.2, 0) is 0 Å². The molecule has 0 aliphatic rings. The number of aromatic nitrogens is 2. The first-order chi connectivity index (χ1) is 9.49. The van der Waals surface area contributed by atoms with Gasteiger partial charge in [-0.25, -0.2) is 0 Å². The van der Waals surface area contributed by atoms with Gasteiger partial charge in [0.05, 0.1) is 0 Å². The van der Waals surface area contributed by atoms with Crippen molar-refractivity contribution in [3.63, 3.8) is 0 Å². The molecular weight excluding hydrogens is 246 g/mol. The van der Waals surface area contributed by atoms with Crippen LogP contribution in [0.3, 0.4) is 0 Å². The number of pyridine rings is 2. The van der Waals surface area contributed by atoms with Crippen molar-refractivity contribution in [1.82, 2.24) is 15.3 Å². The first kappa shape index (κ1) is 14.7. The molecule has 2 atom stereocenters. The van der Waals surface area contributed by atoms with Gasteiger partial charge in [-0.3, -0.25) is 9.97 Å². The smallest absolute Gasteiger partial charge is 0.0426 e. The summed E-state index contributed by atoms with van der Waals surface area (Å²) in [6.45, 7) is 10.6. The summed E-state index contributed by atoms with van der Waals surface area (Å²) >= 11 is 0. The molecule has 0 bridgehead atoms. The van der Waals surface area contributed by atoms with E-state index in [-0.39, 0.29) is 12.1 Å². The number of hydrogen-bond acceptors (Lipinski definition) is 3. The zero-order valence-electron chi connectivity index (χ0n) is 12.9. The van der Waals surface area contributed by atoms with Crippen LogP contribution in [-0.4, -0.2) is 9.97 Å². The number of nitrogens with zero attached hydrogens (tertiary/aromatic N) is 2. The molecule has 0 aliphatic heterocycles. The van der Waals surface area contributed by atoms with Gasteiger partial charge in [0.15, 0.2) is 0 Å². The van der Waals surface area contributed by atoms with Crippen LogP contribution in [0, 0.1) is 20.8 Å². The molecule has 3 nitrogen and oxygen atoms in total. The molecule has 0 saturated carbocycles. The highest BCUT2D eigenvalue weighted by Crippen LogP contribution is 2.24. The molecule has 0 saturated heterocycles. The molecule has 2 aromatic heterocycles. The molecule has 0 aliphatic carbocycles. The van der Waals surface area contributed by atoms with E-state index in [2.05, 4.69) is 55.1 Å². The molecule has 0 spiro atoms. The molecular formula is C17H23N3. The molecule has 2 rings (SSSR count). The van der Waals surface area contributed by atoms with Crippen LogP contribution < -0.4 is 5.32 Å². The summed E-state index contributed by atoms with van der Waals surface area (Å²) in [6.07, 6.45) is 3.72. The largest absolute Gasteiger partial charge is 0.304 e. The van der Waals surface area contributed by atoms with Crippen LogP contribution in [0.5, 0.6) is 0 Å². The highest BCUT2D eigenvalue weighted by Gasteiger charge is 2.16. The summed E-state index contributed by atoms with van der Waals surface area (Å²) in [7, 11) is 0. The minimum Gasteiger partial charge on any atom is -0.304 e. The quantitative estimate of drug-likeness (QED) is 0.917. The van der Waals surface area contributed by atoms with Crippen LogP contribution >= 0.6 is 0 Å². The van der Waals surface area contributed by atoms with Crippen LogP contribution in [0.25, 0.3) is 0 Å². The monoisotopic (exact) mass is 269 g/mol. The van der Waals surface area contributed by atoms with Gasteiger partial charge in [-0.2, -0.15) is 0 Å². The fourth-order valence-electron chi connectivity index (χ4n) is 2.87. The Balaban J connectivity index is 2.19. The summed E-state index contributed by atoms with van der Waals surface area (Å²) in [5, 5.41) is 3.63. The molecule has 0 fully saturated rings. The number of nitrogens with one attached hydrogen (secondary N) is 1. The second-order valence-corrected chi connectivity index (χ2v) is 5.48. The van der Waals surface area contributed by atoms with E-state index in [1.54, 1.807) is 6.20 Å². The zero-order chi connectivity index (χ0) is 14.7. The Kier molecular flexibility index (Phi) is 4.50. The minimum absolute atomic E-state index is 0.262. The van der Waals surface area contributed by atoms with E-state index in [1.807, 2.05) is 19.2 Å². The van der Waals surface area contributed by atoms with E-state index in [0.29, 0.717) is 0 Å². The molecule has 1 unspecified atom stereocenters. The van der Waals surface area contributed by atoms with Gasteiger partial charge in [0, 0.05) is 35.9 Å². The maximum Gasteiger partial charge on any atom is 0.0426 e. The molecule has 20 heavy (non-hydrogen) atoms. The van der Waals surface area contributed by atoms with Crippen molar-refractivity contribution in [3.8, 4) is 0 Å². The van der Waals surface area contributed by atoms with Crippen molar-refractivity contribution < 1.29 is 0 Å². The third-order valence-electron chi connectivity index (χ3n) is 3.70. The molecule has 106 valence electrons. The Bertz CT molecular complexity index is 555. The zero-order valence-corrected chi connectivity index (χ0v) is 12.9. The van der Waals surface area contributed by atoms with Crippen LogP contribution in [0.15, 0.2) is 30.6 Å². The van der Waals surface area contributed by atoms with E-state index in [1.165, 1.54) is 16.7 Å². The van der Waals surface area contributed by atoms with Crippen LogP contribution in [0.4, 0.5) is 0 Å². The maximum absolute atomic E-state index is 4.58. The van der Waals surface area contributed by atoms with Crippen molar-refractivity contribution in [3.05, 3.63) is 58.7 Å². The van der Waals surface area contributed by atoms with Crippen molar-refractivity contribution in [2.75, 3.05) is 0 Å². The molecule has 3 heteroatoms. The van der Waals surface area contributed by atoms with Gasteiger partial charge in [-0.1, -0.05) is 6.07 Å². The van der Waals surface area contributed by atoms with Crippen molar-refractivity contribution in [1.29, 1.82) is 0 Å². The number of hydrogen-bond donors (Lipinski definition) is 1. The van der Waals surface area contributed by atoms with Gasteiger partial charge >= 0.3 is 0 Å². The van der Waals surface area contributed by atoms with Crippen molar-refractivity contribution in [2.24, 2.45) is 0 Å². The lowest BCUT2D eigenvalue weighted by molar-refractivity contribution is 0.489. The average Bonchev–Trinajstić information content (AvgIpc) is 2.38. The summed E-state index contributed by atoms with van der Waals surface area (Å²) < 4.78 is 0. The predicted molar refractivity (Wildman–Crippen MR) is 82.7 cm³/mol. The average molecular weight is 269 g/mol. The summed E-state index contributed by atoms with van der Waals surface area (Å²) in [4.78, 5) is 8.76. The lowest BCUT2D eigenvalue weighted by Crippen LogP contribution is -2.24. The molecule has 0 radical (unpaired) electrons. The summed E-state index contributed by atoms with van der Waals surface area (Å²) in [5.74, 6) is 0. The molecule has 1 N–H and O–H groups in total. The van der Waals surface area contributed by atoms with Gasteiger partial charge in [-0.05, 0) is 63.4 Å². The van der Waals surface area contributed by atoms with Gasteiger partial charge in [0.1, 0.15) is 0 Å². The topological polar surface area (TPSA) is 37.8 Å². The van der Waals surface area contributed by atoms with Gasteiger partial charge < -0.3 is 5.32 Å².